The topological polar surface area (TPSA) is 49.3 Å². The van der Waals surface area contributed by atoms with E-state index < -0.39 is 5.82 Å². The molecule has 1 unspecified atom stereocenters. The van der Waals surface area contributed by atoms with Crippen molar-refractivity contribution in [3.63, 3.8) is 0 Å². The van der Waals surface area contributed by atoms with Crippen LogP contribution >= 0.6 is 11.6 Å². The number of carbonyl (C=O) groups excluding carboxylic acids is 1. The number of aliphatic hydroxyl groups excluding tert-OH is 1. The van der Waals surface area contributed by atoms with Gasteiger partial charge < -0.3 is 10.4 Å². The maximum atomic E-state index is 13.4. The van der Waals surface area contributed by atoms with Gasteiger partial charge in [0.05, 0.1) is 6.42 Å². The van der Waals surface area contributed by atoms with Gasteiger partial charge >= 0.3 is 0 Å². The van der Waals surface area contributed by atoms with E-state index in [0.29, 0.717) is 13.0 Å². The molecule has 0 aliphatic heterocycles. The molecule has 0 radical (unpaired) electrons. The van der Waals surface area contributed by atoms with Crippen molar-refractivity contribution in [1.82, 2.24) is 5.32 Å². The first-order chi connectivity index (χ1) is 8.54. The third-order valence-corrected chi connectivity index (χ3v) is 3.02. The van der Waals surface area contributed by atoms with Gasteiger partial charge in [0, 0.05) is 23.7 Å². The van der Waals surface area contributed by atoms with E-state index in [4.69, 9.17) is 16.7 Å². The zero-order valence-electron chi connectivity index (χ0n) is 10.2. The van der Waals surface area contributed by atoms with Crippen LogP contribution in [-0.4, -0.2) is 24.2 Å². The fraction of sp³-hybridized carbons (Fsp3) is 0.462. The summed E-state index contributed by atoms with van der Waals surface area (Å²) in [5, 5.41) is 11.7. The smallest absolute Gasteiger partial charge is 0.224 e. The summed E-state index contributed by atoms with van der Waals surface area (Å²) in [7, 11) is 0. The second-order valence-corrected chi connectivity index (χ2v) is 4.71. The minimum Gasteiger partial charge on any atom is -0.396 e. The van der Waals surface area contributed by atoms with Gasteiger partial charge in [-0.15, -0.1) is 0 Å². The third-order valence-electron chi connectivity index (χ3n) is 2.67. The van der Waals surface area contributed by atoms with Crippen molar-refractivity contribution in [2.24, 2.45) is 5.92 Å². The van der Waals surface area contributed by atoms with Crippen LogP contribution in [0.15, 0.2) is 18.2 Å². The maximum Gasteiger partial charge on any atom is 0.224 e. The molecule has 0 saturated heterocycles. The minimum atomic E-state index is -0.471. The van der Waals surface area contributed by atoms with Gasteiger partial charge in [-0.3, -0.25) is 4.79 Å². The molecule has 2 N–H and O–H groups in total. The Morgan fingerprint density at radius 3 is 2.89 bits per heavy atom. The second-order valence-electron chi connectivity index (χ2n) is 4.30. The summed E-state index contributed by atoms with van der Waals surface area (Å²) in [6.07, 6.45) is 0.554. The molecule has 0 aliphatic carbocycles. The summed E-state index contributed by atoms with van der Waals surface area (Å²) < 4.78 is 13.4. The van der Waals surface area contributed by atoms with Crippen LogP contribution in [0.4, 0.5) is 4.39 Å². The molecule has 1 aromatic carbocycles. The number of nitrogens with one attached hydrogen (secondary N) is 1. The molecular weight excluding hydrogens is 257 g/mol. The fourth-order valence-electron chi connectivity index (χ4n) is 1.53. The van der Waals surface area contributed by atoms with Crippen molar-refractivity contribution in [3.05, 3.63) is 34.6 Å². The largest absolute Gasteiger partial charge is 0.396 e. The number of benzene rings is 1. The van der Waals surface area contributed by atoms with E-state index >= 15 is 0 Å². The van der Waals surface area contributed by atoms with Gasteiger partial charge in [0.25, 0.3) is 0 Å². The quantitative estimate of drug-likeness (QED) is 0.834. The lowest BCUT2D eigenvalue weighted by atomic mass is 10.1. The number of carbonyl (C=O) groups is 1. The number of aliphatic hydroxyl groups is 1. The Labute approximate surface area is 111 Å². The molecule has 1 atom stereocenters. The molecule has 1 rings (SSSR count). The summed E-state index contributed by atoms with van der Waals surface area (Å²) in [6, 6.07) is 4.34. The molecule has 0 bridgehead atoms. The van der Waals surface area contributed by atoms with Gasteiger partial charge in [-0.1, -0.05) is 24.6 Å². The van der Waals surface area contributed by atoms with Crippen LogP contribution in [0.2, 0.25) is 5.02 Å². The van der Waals surface area contributed by atoms with E-state index in [9.17, 15) is 9.18 Å². The average molecular weight is 274 g/mol. The lowest BCUT2D eigenvalue weighted by molar-refractivity contribution is -0.120. The van der Waals surface area contributed by atoms with E-state index in [1.165, 1.54) is 12.1 Å². The predicted molar refractivity (Wildman–Crippen MR) is 69.0 cm³/mol. The van der Waals surface area contributed by atoms with Gasteiger partial charge in [-0.05, 0) is 24.5 Å². The zero-order chi connectivity index (χ0) is 13.5. The Morgan fingerprint density at radius 2 is 2.28 bits per heavy atom. The molecule has 100 valence electrons. The summed E-state index contributed by atoms with van der Waals surface area (Å²) in [4.78, 5) is 11.6. The molecule has 18 heavy (non-hydrogen) atoms. The Balaban J connectivity index is 2.50. The van der Waals surface area contributed by atoms with Gasteiger partial charge in [-0.2, -0.15) is 0 Å². The maximum absolute atomic E-state index is 13.4. The highest BCUT2D eigenvalue weighted by Crippen LogP contribution is 2.19. The van der Waals surface area contributed by atoms with E-state index in [1.54, 1.807) is 6.07 Å². The van der Waals surface area contributed by atoms with Crippen molar-refractivity contribution in [2.75, 3.05) is 13.2 Å². The molecule has 1 amide bonds. The minimum absolute atomic E-state index is 0.0721. The van der Waals surface area contributed by atoms with Gasteiger partial charge in [-0.25, -0.2) is 4.39 Å². The number of hydrogen-bond acceptors (Lipinski definition) is 2. The molecule has 0 aliphatic rings. The first-order valence-corrected chi connectivity index (χ1v) is 6.22. The normalized spacial score (nSPS) is 12.2. The Morgan fingerprint density at radius 1 is 1.56 bits per heavy atom. The van der Waals surface area contributed by atoms with Crippen molar-refractivity contribution in [2.45, 2.75) is 19.8 Å². The Hall–Kier alpha value is -1.13. The summed E-state index contributed by atoms with van der Waals surface area (Å²) in [5.74, 6) is -0.553. The van der Waals surface area contributed by atoms with Crippen molar-refractivity contribution < 1.29 is 14.3 Å². The molecule has 0 spiro atoms. The molecule has 1 aromatic rings. The number of hydrogen-bond donors (Lipinski definition) is 2. The third kappa shape index (κ3) is 4.63. The van der Waals surface area contributed by atoms with Crippen molar-refractivity contribution >= 4 is 17.5 Å². The summed E-state index contributed by atoms with van der Waals surface area (Å²) in [6.45, 7) is 2.48. The number of halogens is 2. The van der Waals surface area contributed by atoms with Crippen LogP contribution in [0.5, 0.6) is 0 Å². The highest BCUT2D eigenvalue weighted by molar-refractivity contribution is 6.31. The SMILES string of the molecule is CC(CCO)CNC(=O)Cc1c(F)cccc1Cl. The Bertz CT molecular complexity index is 392. The number of amides is 1. The highest BCUT2D eigenvalue weighted by Gasteiger charge is 2.12. The molecule has 0 aromatic heterocycles. The molecule has 0 fully saturated rings. The van der Waals surface area contributed by atoms with E-state index in [1.807, 2.05) is 6.92 Å². The highest BCUT2D eigenvalue weighted by atomic mass is 35.5. The summed E-state index contributed by atoms with van der Waals surface area (Å²) >= 11 is 5.83. The van der Waals surface area contributed by atoms with Gasteiger partial charge in [0.1, 0.15) is 5.82 Å². The molecule has 3 nitrogen and oxygen atoms in total. The fourth-order valence-corrected chi connectivity index (χ4v) is 1.76. The molecule has 0 heterocycles. The van der Waals surface area contributed by atoms with Crippen LogP contribution < -0.4 is 5.32 Å². The predicted octanol–water partition coefficient (Wildman–Crippen LogP) is 2.16. The van der Waals surface area contributed by atoms with E-state index in [2.05, 4.69) is 5.32 Å². The van der Waals surface area contributed by atoms with Crippen LogP contribution in [0.25, 0.3) is 0 Å². The zero-order valence-corrected chi connectivity index (χ0v) is 11.0. The first-order valence-electron chi connectivity index (χ1n) is 5.85. The lowest BCUT2D eigenvalue weighted by Gasteiger charge is -2.11. The second kappa shape index (κ2) is 7.34. The Kier molecular flexibility index (Phi) is 6.09. The van der Waals surface area contributed by atoms with Gasteiger partial charge in [0.15, 0.2) is 0 Å². The summed E-state index contributed by atoms with van der Waals surface area (Å²) in [5.41, 5.74) is 0.214. The molecular formula is C13H17ClFNO2. The lowest BCUT2D eigenvalue weighted by Crippen LogP contribution is -2.30. The molecule has 5 heteroatoms. The molecule has 0 saturated carbocycles. The van der Waals surface area contributed by atoms with Gasteiger partial charge in [0.2, 0.25) is 5.91 Å². The first kappa shape index (κ1) is 14.9. The van der Waals surface area contributed by atoms with Crippen LogP contribution in [0.3, 0.4) is 0 Å². The standard InChI is InChI=1S/C13H17ClFNO2/c1-9(5-6-17)8-16-13(18)7-10-11(14)3-2-4-12(10)15/h2-4,9,17H,5-8H2,1H3,(H,16,18). The monoisotopic (exact) mass is 273 g/mol. The average Bonchev–Trinajstić information content (AvgIpc) is 2.32. The van der Waals surface area contributed by atoms with Crippen molar-refractivity contribution in [1.29, 1.82) is 0 Å². The number of rotatable bonds is 6. The van der Waals surface area contributed by atoms with E-state index in [-0.39, 0.29) is 35.4 Å². The van der Waals surface area contributed by atoms with E-state index in [0.717, 1.165) is 0 Å². The van der Waals surface area contributed by atoms with Crippen LogP contribution in [0, 0.1) is 11.7 Å². The van der Waals surface area contributed by atoms with Crippen LogP contribution in [0.1, 0.15) is 18.9 Å². The van der Waals surface area contributed by atoms with Crippen LogP contribution in [-0.2, 0) is 11.2 Å². The van der Waals surface area contributed by atoms with Crippen molar-refractivity contribution in [3.8, 4) is 0 Å².